The number of benzene rings is 2. The summed E-state index contributed by atoms with van der Waals surface area (Å²) in [4.78, 5) is 5.06. The lowest BCUT2D eigenvalue weighted by molar-refractivity contribution is 0.0403. The first-order valence-corrected chi connectivity index (χ1v) is 8.03. The highest BCUT2D eigenvalue weighted by molar-refractivity contribution is 5.41. The Morgan fingerprint density at radius 3 is 2.64 bits per heavy atom. The fraction of sp³-hybridized carbons (Fsp3) is 0.368. The smallest absolute Gasteiger partial charge is 0.115 e. The van der Waals surface area contributed by atoms with Gasteiger partial charge in [0.15, 0.2) is 0 Å². The van der Waals surface area contributed by atoms with E-state index in [1.807, 2.05) is 12.1 Å². The Labute approximate surface area is 131 Å². The molecule has 2 aromatic carbocycles. The average Bonchev–Trinajstić information content (AvgIpc) is 2.54. The number of aromatic hydroxyl groups is 1. The minimum atomic E-state index is 0.378. The average molecular weight is 294 g/mol. The second kappa shape index (κ2) is 5.41. The molecule has 2 aliphatic heterocycles. The van der Waals surface area contributed by atoms with Gasteiger partial charge >= 0.3 is 0 Å². The number of piperazine rings is 1. The third-order valence-corrected chi connectivity index (χ3v) is 5.11. The van der Waals surface area contributed by atoms with Gasteiger partial charge in [0.05, 0.1) is 0 Å². The molecule has 4 rings (SSSR count). The van der Waals surface area contributed by atoms with E-state index in [2.05, 4.69) is 53.2 Å². The summed E-state index contributed by atoms with van der Waals surface area (Å²) in [5.74, 6) is 0.378. The van der Waals surface area contributed by atoms with Gasteiger partial charge in [0.2, 0.25) is 0 Å². The van der Waals surface area contributed by atoms with Crippen LogP contribution in [0.3, 0.4) is 0 Å². The van der Waals surface area contributed by atoms with Crippen LogP contribution in [0.2, 0.25) is 0 Å². The molecule has 1 saturated heterocycles. The molecule has 1 N–H and O–H groups in total. The van der Waals surface area contributed by atoms with Gasteiger partial charge in [-0.25, -0.2) is 0 Å². The molecular formula is C19H22N2O. The molecule has 0 spiro atoms. The molecule has 1 fully saturated rings. The lowest BCUT2D eigenvalue weighted by Crippen LogP contribution is -2.50. The quantitative estimate of drug-likeness (QED) is 0.876. The molecule has 0 aromatic heterocycles. The maximum absolute atomic E-state index is 9.87. The van der Waals surface area contributed by atoms with Gasteiger partial charge < -0.3 is 10.0 Å². The predicted molar refractivity (Wildman–Crippen MR) is 87.9 cm³/mol. The third kappa shape index (κ3) is 2.31. The maximum atomic E-state index is 9.87. The van der Waals surface area contributed by atoms with Crippen LogP contribution >= 0.6 is 0 Å². The summed E-state index contributed by atoms with van der Waals surface area (Å²) in [5.41, 5.74) is 4.06. The lowest BCUT2D eigenvalue weighted by Gasteiger charge is -2.48. The van der Waals surface area contributed by atoms with Gasteiger partial charge in [-0.15, -0.1) is 0 Å². The predicted octanol–water partition coefficient (Wildman–Crippen LogP) is 2.98. The lowest BCUT2D eigenvalue weighted by atomic mass is 9.84. The zero-order valence-corrected chi connectivity index (χ0v) is 12.9. The molecule has 0 saturated carbocycles. The molecule has 114 valence electrons. The van der Waals surface area contributed by atoms with Crippen molar-refractivity contribution in [3.63, 3.8) is 0 Å². The van der Waals surface area contributed by atoms with E-state index >= 15 is 0 Å². The highest BCUT2D eigenvalue weighted by atomic mass is 16.3. The van der Waals surface area contributed by atoms with Crippen molar-refractivity contribution >= 4 is 0 Å². The van der Waals surface area contributed by atoms with Crippen molar-refractivity contribution in [3.05, 3.63) is 65.2 Å². The molecule has 2 atom stereocenters. The fourth-order valence-corrected chi connectivity index (χ4v) is 3.99. The standard InChI is InChI=1S/C19H22N2O/c1-20-9-10-21-18(14-5-3-2-4-6-14)12-15-11-16(22)7-8-17(15)19(21)13-20/h2-8,11,18-19,22H,9-10,12-13H2,1H3/t18-,19+/m0/s1. The number of likely N-dealkylation sites (N-methyl/N-ethyl adjacent to an activating group) is 1. The Bertz CT molecular complexity index is 670. The van der Waals surface area contributed by atoms with E-state index in [0.717, 1.165) is 26.1 Å². The number of rotatable bonds is 1. The number of hydrogen-bond acceptors (Lipinski definition) is 3. The number of fused-ring (bicyclic) bond motifs is 3. The van der Waals surface area contributed by atoms with Crippen LogP contribution in [0.15, 0.2) is 48.5 Å². The Kier molecular flexibility index (Phi) is 3.40. The van der Waals surface area contributed by atoms with Crippen LogP contribution < -0.4 is 0 Å². The molecule has 0 bridgehead atoms. The van der Waals surface area contributed by atoms with Gasteiger partial charge in [0.1, 0.15) is 5.75 Å². The summed E-state index contributed by atoms with van der Waals surface area (Å²) in [5, 5.41) is 9.87. The topological polar surface area (TPSA) is 26.7 Å². The zero-order valence-electron chi connectivity index (χ0n) is 12.9. The first kappa shape index (κ1) is 13.8. The van der Waals surface area contributed by atoms with Crippen molar-refractivity contribution in [2.75, 3.05) is 26.7 Å². The highest BCUT2D eigenvalue weighted by Crippen LogP contribution is 2.42. The molecule has 0 aliphatic carbocycles. The summed E-state index contributed by atoms with van der Waals surface area (Å²) in [6.45, 7) is 3.27. The van der Waals surface area contributed by atoms with Crippen molar-refractivity contribution in [2.24, 2.45) is 0 Å². The Morgan fingerprint density at radius 2 is 1.82 bits per heavy atom. The van der Waals surface area contributed by atoms with Crippen molar-refractivity contribution in [2.45, 2.75) is 18.5 Å². The SMILES string of the molecule is CN1CCN2[C@H](C1)c1ccc(O)cc1C[C@H]2c1ccccc1. The van der Waals surface area contributed by atoms with Gasteiger partial charge in [0, 0.05) is 31.7 Å². The first-order chi connectivity index (χ1) is 10.7. The molecule has 3 nitrogen and oxygen atoms in total. The molecule has 2 aromatic rings. The maximum Gasteiger partial charge on any atom is 0.115 e. The fourth-order valence-electron chi connectivity index (χ4n) is 3.99. The number of phenols is 1. The normalized spacial score (nSPS) is 25.5. The van der Waals surface area contributed by atoms with E-state index in [1.165, 1.54) is 16.7 Å². The molecule has 22 heavy (non-hydrogen) atoms. The Balaban J connectivity index is 1.79. The van der Waals surface area contributed by atoms with Crippen LogP contribution in [0.25, 0.3) is 0 Å². The van der Waals surface area contributed by atoms with Crippen molar-refractivity contribution in [1.82, 2.24) is 9.80 Å². The van der Waals surface area contributed by atoms with E-state index in [9.17, 15) is 5.11 Å². The Morgan fingerprint density at radius 1 is 1.00 bits per heavy atom. The highest BCUT2D eigenvalue weighted by Gasteiger charge is 2.37. The van der Waals surface area contributed by atoms with Crippen LogP contribution in [0.1, 0.15) is 28.8 Å². The number of nitrogens with zero attached hydrogens (tertiary/aromatic N) is 2. The van der Waals surface area contributed by atoms with Crippen LogP contribution in [0, 0.1) is 0 Å². The summed E-state index contributed by atoms with van der Waals surface area (Å²) in [7, 11) is 2.20. The monoisotopic (exact) mass is 294 g/mol. The van der Waals surface area contributed by atoms with Crippen LogP contribution in [0.5, 0.6) is 5.75 Å². The summed E-state index contributed by atoms with van der Waals surface area (Å²) in [6, 6.07) is 17.5. The second-order valence-electron chi connectivity index (χ2n) is 6.53. The molecule has 0 amide bonds. The minimum Gasteiger partial charge on any atom is -0.508 e. The van der Waals surface area contributed by atoms with Crippen molar-refractivity contribution in [3.8, 4) is 5.75 Å². The number of phenolic OH excluding ortho intramolecular Hbond substituents is 1. The molecule has 0 unspecified atom stereocenters. The molecular weight excluding hydrogens is 272 g/mol. The van der Waals surface area contributed by atoms with Crippen LogP contribution in [-0.4, -0.2) is 41.6 Å². The second-order valence-corrected chi connectivity index (χ2v) is 6.53. The van der Waals surface area contributed by atoms with E-state index < -0.39 is 0 Å². The van der Waals surface area contributed by atoms with Gasteiger partial charge in [-0.2, -0.15) is 0 Å². The minimum absolute atomic E-state index is 0.378. The van der Waals surface area contributed by atoms with E-state index in [0.29, 0.717) is 17.8 Å². The molecule has 3 heteroatoms. The van der Waals surface area contributed by atoms with E-state index in [-0.39, 0.29) is 0 Å². The van der Waals surface area contributed by atoms with Gasteiger partial charge in [-0.3, -0.25) is 4.90 Å². The van der Waals surface area contributed by atoms with Gasteiger partial charge in [-0.05, 0) is 42.3 Å². The molecule has 2 aliphatic rings. The van der Waals surface area contributed by atoms with Gasteiger partial charge in [-0.1, -0.05) is 36.4 Å². The third-order valence-electron chi connectivity index (χ3n) is 5.11. The first-order valence-electron chi connectivity index (χ1n) is 8.03. The largest absolute Gasteiger partial charge is 0.508 e. The van der Waals surface area contributed by atoms with Crippen LogP contribution in [-0.2, 0) is 6.42 Å². The van der Waals surface area contributed by atoms with Crippen molar-refractivity contribution < 1.29 is 5.11 Å². The Hall–Kier alpha value is -1.84. The van der Waals surface area contributed by atoms with E-state index in [1.54, 1.807) is 0 Å². The van der Waals surface area contributed by atoms with Gasteiger partial charge in [0.25, 0.3) is 0 Å². The van der Waals surface area contributed by atoms with Crippen molar-refractivity contribution in [1.29, 1.82) is 0 Å². The summed E-state index contributed by atoms with van der Waals surface area (Å²) >= 11 is 0. The summed E-state index contributed by atoms with van der Waals surface area (Å²) < 4.78 is 0. The van der Waals surface area contributed by atoms with E-state index in [4.69, 9.17) is 0 Å². The molecule has 0 radical (unpaired) electrons. The molecule has 2 heterocycles. The number of hydrogen-bond donors (Lipinski definition) is 1. The summed E-state index contributed by atoms with van der Waals surface area (Å²) in [6.07, 6.45) is 0.980. The zero-order chi connectivity index (χ0) is 15.1. The van der Waals surface area contributed by atoms with Crippen LogP contribution in [0.4, 0.5) is 0 Å².